The first-order valence-corrected chi connectivity index (χ1v) is 9.44. The second-order valence-corrected chi connectivity index (χ2v) is 8.19. The quantitative estimate of drug-likeness (QED) is 0.388. The molecule has 0 aliphatic carbocycles. The van der Waals surface area contributed by atoms with Crippen molar-refractivity contribution in [3.63, 3.8) is 0 Å². The average Bonchev–Trinajstić information content (AvgIpc) is 3.08. The molecule has 134 valence electrons. The zero-order valence-corrected chi connectivity index (χ0v) is 18.8. The van der Waals surface area contributed by atoms with E-state index >= 15 is 0 Å². The smallest absolute Gasteiger partial charge is 0.194 e. The highest BCUT2D eigenvalue weighted by Gasteiger charge is 2.10. The van der Waals surface area contributed by atoms with Crippen LogP contribution in [0.3, 0.4) is 0 Å². The van der Waals surface area contributed by atoms with Crippen LogP contribution < -0.4 is 5.32 Å². The maximum atomic E-state index is 4.50. The van der Waals surface area contributed by atoms with Gasteiger partial charge in [-0.25, -0.2) is 9.97 Å². The van der Waals surface area contributed by atoms with Gasteiger partial charge in [-0.3, -0.25) is 4.99 Å². The molecule has 0 saturated carbocycles. The summed E-state index contributed by atoms with van der Waals surface area (Å²) >= 11 is 3.45. The van der Waals surface area contributed by atoms with Gasteiger partial charge in [0.05, 0.1) is 28.8 Å². The van der Waals surface area contributed by atoms with Gasteiger partial charge in [0.25, 0.3) is 0 Å². The van der Waals surface area contributed by atoms with Crippen molar-refractivity contribution < 1.29 is 0 Å². The van der Waals surface area contributed by atoms with Crippen LogP contribution in [0.4, 0.5) is 0 Å². The van der Waals surface area contributed by atoms with Crippen LogP contribution in [-0.4, -0.2) is 34.9 Å². The van der Waals surface area contributed by atoms with Gasteiger partial charge in [-0.05, 0) is 12.8 Å². The van der Waals surface area contributed by atoms with Crippen molar-refractivity contribution in [2.24, 2.45) is 10.9 Å². The predicted molar refractivity (Wildman–Crippen MR) is 115 cm³/mol. The number of aliphatic imine (C=N–C) groups is 1. The Morgan fingerprint density at radius 2 is 2.17 bits per heavy atom. The van der Waals surface area contributed by atoms with E-state index in [9.17, 15) is 0 Å². The third-order valence-corrected chi connectivity index (χ3v) is 5.09. The number of nitrogens with one attached hydrogen (secondary N) is 1. The Balaban J connectivity index is 0.00000288. The van der Waals surface area contributed by atoms with Gasteiger partial charge in [0.2, 0.25) is 0 Å². The Hall–Kier alpha value is -0.740. The molecule has 0 atom stereocenters. The number of guanidine groups is 1. The summed E-state index contributed by atoms with van der Waals surface area (Å²) in [7, 11) is 3.84. The van der Waals surface area contributed by atoms with E-state index in [0.717, 1.165) is 36.2 Å². The van der Waals surface area contributed by atoms with E-state index < -0.39 is 0 Å². The second-order valence-electron chi connectivity index (χ2n) is 5.93. The summed E-state index contributed by atoms with van der Waals surface area (Å²) in [5.74, 6) is 1.51. The van der Waals surface area contributed by atoms with Crippen LogP contribution in [0.2, 0.25) is 0 Å². The molecule has 0 unspecified atom stereocenters. The first kappa shape index (κ1) is 21.3. The Kier molecular flexibility index (Phi) is 9.14. The number of aromatic nitrogens is 2. The summed E-state index contributed by atoms with van der Waals surface area (Å²) in [6, 6.07) is 0. The van der Waals surface area contributed by atoms with E-state index in [-0.39, 0.29) is 24.0 Å². The van der Waals surface area contributed by atoms with Gasteiger partial charge >= 0.3 is 0 Å². The van der Waals surface area contributed by atoms with E-state index in [4.69, 9.17) is 0 Å². The normalized spacial score (nSPS) is 11.5. The molecule has 0 aliphatic rings. The van der Waals surface area contributed by atoms with Crippen LogP contribution in [0.5, 0.6) is 0 Å². The number of nitrogens with zero attached hydrogens (tertiary/aromatic N) is 4. The van der Waals surface area contributed by atoms with Gasteiger partial charge in [0.15, 0.2) is 5.96 Å². The van der Waals surface area contributed by atoms with Crippen molar-refractivity contribution in [3.8, 4) is 0 Å². The first-order chi connectivity index (χ1) is 11.0. The number of hydrogen-bond acceptors (Lipinski definition) is 5. The van der Waals surface area contributed by atoms with E-state index in [1.807, 2.05) is 27.2 Å². The summed E-state index contributed by atoms with van der Waals surface area (Å²) in [5, 5.41) is 7.80. The monoisotopic (exact) mass is 479 g/mol. The molecular weight excluding hydrogens is 453 g/mol. The minimum atomic E-state index is 0. The van der Waals surface area contributed by atoms with Gasteiger partial charge in [-0.2, -0.15) is 0 Å². The Bertz CT molecular complexity index is 650. The van der Waals surface area contributed by atoms with Gasteiger partial charge in [-0.1, -0.05) is 13.8 Å². The molecule has 8 heteroatoms. The van der Waals surface area contributed by atoms with E-state index in [0.29, 0.717) is 5.92 Å². The molecule has 2 aromatic rings. The standard InChI is InChI=1S/C16H25N5S2.HI/c1-11(2)6-15-18-7-14(23-15)8-19-16(17-4)21(5)9-13-10-22-12(3)20-13;/h7,10-11H,6,8-9H2,1-5H3,(H,17,19);1H. The molecule has 1 N–H and O–H groups in total. The Labute approximate surface area is 169 Å². The van der Waals surface area contributed by atoms with Crippen LogP contribution in [-0.2, 0) is 19.5 Å². The van der Waals surface area contributed by atoms with Crippen LogP contribution in [0.25, 0.3) is 0 Å². The fourth-order valence-electron chi connectivity index (χ4n) is 2.22. The van der Waals surface area contributed by atoms with Gasteiger partial charge in [-0.15, -0.1) is 46.7 Å². The van der Waals surface area contributed by atoms with Crippen LogP contribution >= 0.6 is 46.7 Å². The summed E-state index contributed by atoms with van der Waals surface area (Å²) in [6.45, 7) is 7.97. The highest BCUT2D eigenvalue weighted by Crippen LogP contribution is 2.16. The second kappa shape index (κ2) is 10.3. The summed E-state index contributed by atoms with van der Waals surface area (Å²) in [6.07, 6.45) is 3.01. The fraction of sp³-hybridized carbons (Fsp3) is 0.562. The lowest BCUT2D eigenvalue weighted by atomic mass is 10.1. The topological polar surface area (TPSA) is 53.4 Å². The van der Waals surface area contributed by atoms with Crippen molar-refractivity contribution >= 4 is 52.6 Å². The van der Waals surface area contributed by atoms with E-state index in [1.54, 1.807) is 22.7 Å². The molecule has 2 aromatic heterocycles. The maximum Gasteiger partial charge on any atom is 0.194 e. The molecule has 0 aromatic carbocycles. The zero-order valence-electron chi connectivity index (χ0n) is 14.9. The molecule has 0 aliphatic heterocycles. The van der Waals surface area contributed by atoms with Crippen molar-refractivity contribution in [2.45, 2.75) is 40.3 Å². The number of thiazole rings is 2. The van der Waals surface area contributed by atoms with Crippen LogP contribution in [0.1, 0.15) is 34.4 Å². The number of aryl methyl sites for hydroxylation is 1. The molecule has 2 rings (SSSR count). The van der Waals surface area contributed by atoms with Crippen molar-refractivity contribution in [3.05, 3.63) is 32.2 Å². The highest BCUT2D eigenvalue weighted by atomic mass is 127. The number of halogens is 1. The van der Waals surface area contributed by atoms with Crippen molar-refractivity contribution in [1.29, 1.82) is 0 Å². The lowest BCUT2D eigenvalue weighted by Gasteiger charge is -2.20. The molecule has 0 amide bonds. The molecule has 2 heterocycles. The molecule has 0 fully saturated rings. The van der Waals surface area contributed by atoms with E-state index in [1.165, 1.54) is 9.88 Å². The minimum absolute atomic E-state index is 0. The zero-order chi connectivity index (χ0) is 16.8. The highest BCUT2D eigenvalue weighted by molar-refractivity contribution is 14.0. The largest absolute Gasteiger partial charge is 0.351 e. The average molecular weight is 479 g/mol. The predicted octanol–water partition coefficient (Wildman–Crippen LogP) is 3.93. The lowest BCUT2D eigenvalue weighted by molar-refractivity contribution is 0.471. The Morgan fingerprint density at radius 1 is 1.42 bits per heavy atom. The van der Waals surface area contributed by atoms with E-state index in [2.05, 4.69) is 44.4 Å². The molecule has 24 heavy (non-hydrogen) atoms. The van der Waals surface area contributed by atoms with Crippen molar-refractivity contribution in [2.75, 3.05) is 14.1 Å². The fourth-order valence-corrected chi connectivity index (χ4v) is 3.90. The summed E-state index contributed by atoms with van der Waals surface area (Å²) in [5.41, 5.74) is 1.08. The molecule has 0 spiro atoms. The summed E-state index contributed by atoms with van der Waals surface area (Å²) in [4.78, 5) is 16.7. The first-order valence-electron chi connectivity index (χ1n) is 7.74. The van der Waals surface area contributed by atoms with Gasteiger partial charge in [0, 0.05) is 37.0 Å². The minimum Gasteiger partial charge on any atom is -0.351 e. The van der Waals surface area contributed by atoms with Gasteiger partial charge in [0.1, 0.15) is 0 Å². The Morgan fingerprint density at radius 3 is 2.75 bits per heavy atom. The number of hydrogen-bond donors (Lipinski definition) is 1. The van der Waals surface area contributed by atoms with Gasteiger partial charge < -0.3 is 10.2 Å². The third-order valence-electron chi connectivity index (χ3n) is 3.24. The van der Waals surface area contributed by atoms with Crippen molar-refractivity contribution in [1.82, 2.24) is 20.2 Å². The van der Waals surface area contributed by atoms with Crippen LogP contribution in [0.15, 0.2) is 16.6 Å². The summed E-state index contributed by atoms with van der Waals surface area (Å²) < 4.78 is 0. The molecule has 0 bridgehead atoms. The molecule has 0 saturated heterocycles. The SMILES string of the molecule is CN=C(NCc1cnc(CC(C)C)s1)N(C)Cc1csc(C)n1.I. The molecule has 0 radical (unpaired) electrons. The third kappa shape index (κ3) is 6.64. The molecule has 5 nitrogen and oxygen atoms in total. The lowest BCUT2D eigenvalue weighted by Crippen LogP contribution is -2.37. The number of rotatable bonds is 6. The molecular formula is C16H26IN5S2. The van der Waals surface area contributed by atoms with Crippen LogP contribution in [0, 0.1) is 12.8 Å². The maximum absolute atomic E-state index is 4.50.